The van der Waals surface area contributed by atoms with E-state index < -0.39 is 0 Å². The number of hydrogen-bond donors (Lipinski definition) is 0. The van der Waals surface area contributed by atoms with Crippen LogP contribution in [0.1, 0.15) is 53.4 Å². The summed E-state index contributed by atoms with van der Waals surface area (Å²) in [7, 11) is 4.87. The summed E-state index contributed by atoms with van der Waals surface area (Å²) in [6.07, 6.45) is 3.60. The van der Waals surface area contributed by atoms with E-state index in [1.807, 2.05) is 0 Å². The average molecular weight is 196 g/mol. The van der Waals surface area contributed by atoms with Crippen LogP contribution in [0.2, 0.25) is 0 Å². The fourth-order valence-electron chi connectivity index (χ4n) is 2.20. The lowest BCUT2D eigenvalue weighted by Gasteiger charge is -2.35. The third kappa shape index (κ3) is 3.35. The van der Waals surface area contributed by atoms with Gasteiger partial charge in [-0.2, -0.15) is 0 Å². The van der Waals surface area contributed by atoms with E-state index >= 15 is 0 Å². The van der Waals surface area contributed by atoms with E-state index in [2.05, 4.69) is 32.3 Å². The maximum absolute atomic E-state index is 11.2. The Kier molecular flexibility index (Phi) is 5.90. The van der Waals surface area contributed by atoms with Crippen molar-refractivity contribution in [3.8, 4) is 0 Å². The highest BCUT2D eigenvalue weighted by molar-refractivity contribution is 6.05. The van der Waals surface area contributed by atoms with Crippen molar-refractivity contribution in [2.75, 3.05) is 0 Å². The molecule has 0 aromatic carbocycles. The Morgan fingerprint density at radius 1 is 1.36 bits per heavy atom. The van der Waals surface area contributed by atoms with Gasteiger partial charge in [0.15, 0.2) is 0 Å². The Hall–Kier alpha value is -0.465. The molecule has 0 aliphatic heterocycles. The lowest BCUT2D eigenvalue weighted by molar-refractivity contribution is -0.137. The molecule has 0 fully saturated rings. The second-order valence-corrected chi connectivity index (χ2v) is 4.19. The SMILES string of the molecule is [B]OC(=O)CC(C)(CC)C(CC)CC. The van der Waals surface area contributed by atoms with Crippen molar-refractivity contribution in [2.45, 2.75) is 53.4 Å². The summed E-state index contributed by atoms with van der Waals surface area (Å²) in [6, 6.07) is 0. The average Bonchev–Trinajstić information content (AvgIpc) is 2.19. The van der Waals surface area contributed by atoms with E-state index in [9.17, 15) is 4.79 Å². The normalized spacial score (nSPS) is 15.2. The third-order valence-electron chi connectivity index (χ3n) is 3.46. The largest absolute Gasteiger partial charge is 0.543 e. The van der Waals surface area contributed by atoms with Gasteiger partial charge in [-0.05, 0) is 17.8 Å². The molecule has 0 aliphatic rings. The first-order chi connectivity index (χ1) is 6.53. The van der Waals surface area contributed by atoms with Crippen molar-refractivity contribution in [1.82, 2.24) is 0 Å². The molecule has 0 amide bonds. The maximum Gasteiger partial charge on any atom is 0.378 e. The zero-order chi connectivity index (χ0) is 11.2. The number of rotatable bonds is 6. The maximum atomic E-state index is 11.2. The smallest absolute Gasteiger partial charge is 0.378 e. The van der Waals surface area contributed by atoms with Crippen LogP contribution in [0.5, 0.6) is 0 Å². The van der Waals surface area contributed by atoms with Crippen molar-refractivity contribution in [1.29, 1.82) is 0 Å². The molecule has 0 rings (SSSR count). The molecule has 0 aromatic heterocycles. The number of carbonyl (C=O) groups excluding carboxylic acids is 1. The standard InChI is InChI=1S/C11H21BO2/c1-5-9(6-2)11(4,7-3)8-10(13)14-12/h9H,5-8H2,1-4H3. The lowest BCUT2D eigenvalue weighted by Crippen LogP contribution is -2.29. The van der Waals surface area contributed by atoms with Crippen LogP contribution in [0.15, 0.2) is 0 Å². The van der Waals surface area contributed by atoms with Crippen LogP contribution in [0.3, 0.4) is 0 Å². The Balaban J connectivity index is 4.51. The van der Waals surface area contributed by atoms with Crippen molar-refractivity contribution < 1.29 is 9.45 Å². The summed E-state index contributed by atoms with van der Waals surface area (Å²) >= 11 is 0. The van der Waals surface area contributed by atoms with Crippen molar-refractivity contribution in [3.05, 3.63) is 0 Å². The quantitative estimate of drug-likeness (QED) is 0.610. The van der Waals surface area contributed by atoms with Gasteiger partial charge in [0.25, 0.3) is 5.97 Å². The molecule has 0 bridgehead atoms. The van der Waals surface area contributed by atoms with Crippen molar-refractivity contribution in [2.24, 2.45) is 11.3 Å². The highest BCUT2D eigenvalue weighted by Crippen LogP contribution is 2.39. The molecule has 3 heteroatoms. The first kappa shape index (κ1) is 13.5. The molecule has 14 heavy (non-hydrogen) atoms. The molecule has 0 saturated heterocycles. The van der Waals surface area contributed by atoms with Crippen LogP contribution < -0.4 is 0 Å². The van der Waals surface area contributed by atoms with Gasteiger partial charge >= 0.3 is 8.05 Å². The summed E-state index contributed by atoms with van der Waals surface area (Å²) in [5.41, 5.74) is 0.0277. The topological polar surface area (TPSA) is 26.3 Å². The zero-order valence-corrected chi connectivity index (χ0v) is 9.80. The van der Waals surface area contributed by atoms with Gasteiger partial charge in [-0.25, -0.2) is 0 Å². The molecule has 2 radical (unpaired) electrons. The minimum atomic E-state index is -0.304. The molecular formula is C11H21BO2. The minimum absolute atomic E-state index is 0.0277. The van der Waals surface area contributed by atoms with Gasteiger partial charge in [-0.15, -0.1) is 0 Å². The first-order valence-electron chi connectivity index (χ1n) is 5.43. The Morgan fingerprint density at radius 2 is 1.86 bits per heavy atom. The predicted octanol–water partition coefficient (Wildman–Crippen LogP) is 2.86. The van der Waals surface area contributed by atoms with E-state index in [0.717, 1.165) is 19.3 Å². The van der Waals surface area contributed by atoms with E-state index in [0.29, 0.717) is 12.3 Å². The second kappa shape index (κ2) is 6.10. The minimum Gasteiger partial charge on any atom is -0.543 e. The van der Waals surface area contributed by atoms with Gasteiger partial charge < -0.3 is 4.65 Å². The second-order valence-electron chi connectivity index (χ2n) is 4.19. The van der Waals surface area contributed by atoms with Gasteiger partial charge in [-0.3, -0.25) is 4.79 Å². The fourth-order valence-corrected chi connectivity index (χ4v) is 2.20. The van der Waals surface area contributed by atoms with Crippen LogP contribution in [0, 0.1) is 11.3 Å². The summed E-state index contributed by atoms with van der Waals surface area (Å²) < 4.78 is 4.25. The predicted molar refractivity (Wildman–Crippen MR) is 58.9 cm³/mol. The summed E-state index contributed by atoms with van der Waals surface area (Å²) in [5, 5.41) is 0. The number of carbonyl (C=O) groups is 1. The molecule has 0 N–H and O–H groups in total. The van der Waals surface area contributed by atoms with Crippen LogP contribution >= 0.6 is 0 Å². The Bertz CT molecular complexity index is 178. The lowest BCUT2D eigenvalue weighted by atomic mass is 9.70. The van der Waals surface area contributed by atoms with E-state index in [-0.39, 0.29) is 11.4 Å². The molecular weight excluding hydrogens is 175 g/mol. The van der Waals surface area contributed by atoms with Gasteiger partial charge in [0.1, 0.15) is 0 Å². The summed E-state index contributed by atoms with van der Waals surface area (Å²) in [4.78, 5) is 11.2. The van der Waals surface area contributed by atoms with Crippen LogP contribution in [0.4, 0.5) is 0 Å². The molecule has 80 valence electrons. The van der Waals surface area contributed by atoms with Crippen molar-refractivity contribution >= 4 is 14.0 Å². The molecule has 0 heterocycles. The highest BCUT2D eigenvalue weighted by Gasteiger charge is 2.32. The zero-order valence-electron chi connectivity index (χ0n) is 9.80. The van der Waals surface area contributed by atoms with Gasteiger partial charge in [0.2, 0.25) is 0 Å². The summed E-state index contributed by atoms with van der Waals surface area (Å²) in [5.74, 6) is 0.257. The monoisotopic (exact) mass is 196 g/mol. The van der Waals surface area contributed by atoms with E-state index in [1.54, 1.807) is 0 Å². The third-order valence-corrected chi connectivity index (χ3v) is 3.46. The Morgan fingerprint density at radius 3 is 2.14 bits per heavy atom. The van der Waals surface area contributed by atoms with Gasteiger partial charge in [-0.1, -0.05) is 40.5 Å². The molecule has 0 aliphatic carbocycles. The Labute approximate surface area is 88.9 Å². The van der Waals surface area contributed by atoms with E-state index in [1.165, 1.54) is 0 Å². The van der Waals surface area contributed by atoms with Crippen LogP contribution in [0.25, 0.3) is 0 Å². The van der Waals surface area contributed by atoms with Gasteiger partial charge in [0.05, 0.1) is 0 Å². The van der Waals surface area contributed by atoms with Crippen LogP contribution in [-0.4, -0.2) is 14.0 Å². The van der Waals surface area contributed by atoms with Crippen molar-refractivity contribution in [3.63, 3.8) is 0 Å². The molecule has 0 aromatic rings. The fraction of sp³-hybridized carbons (Fsp3) is 0.909. The number of hydrogen-bond acceptors (Lipinski definition) is 2. The van der Waals surface area contributed by atoms with E-state index in [4.69, 9.17) is 8.05 Å². The molecule has 1 unspecified atom stereocenters. The first-order valence-corrected chi connectivity index (χ1v) is 5.43. The molecule has 0 saturated carbocycles. The molecule has 1 atom stereocenters. The van der Waals surface area contributed by atoms with Gasteiger partial charge in [0, 0.05) is 6.42 Å². The molecule has 0 spiro atoms. The summed E-state index contributed by atoms with van der Waals surface area (Å²) in [6.45, 7) is 8.58. The van der Waals surface area contributed by atoms with Crippen LogP contribution in [-0.2, 0) is 9.45 Å². The highest BCUT2D eigenvalue weighted by atomic mass is 16.5. The molecule has 2 nitrogen and oxygen atoms in total.